The van der Waals surface area contributed by atoms with Crippen molar-refractivity contribution in [1.29, 1.82) is 0 Å². The number of aromatic nitrogens is 3. The number of anilines is 3. The number of hydrogen-bond donors (Lipinski definition) is 3. The van der Waals surface area contributed by atoms with Gasteiger partial charge < -0.3 is 19.9 Å². The summed E-state index contributed by atoms with van der Waals surface area (Å²) in [5.74, 6) is 0.143. The number of nitrogens with zero attached hydrogens (tertiary/aromatic N) is 5. The lowest BCUT2D eigenvalue weighted by Gasteiger charge is -2.43. The van der Waals surface area contributed by atoms with Crippen LogP contribution in [0.4, 0.5) is 23.7 Å². The first-order valence-electron chi connectivity index (χ1n) is 12.2. The zero-order chi connectivity index (χ0) is 27.9. The third-order valence-electron chi connectivity index (χ3n) is 5.92. The average Bonchev–Trinajstić information content (AvgIpc) is 3.38. The maximum atomic E-state index is 10.7. The van der Waals surface area contributed by atoms with E-state index in [0.29, 0.717) is 13.2 Å². The Morgan fingerprint density at radius 2 is 1.62 bits per heavy atom. The fourth-order valence-corrected chi connectivity index (χ4v) is 8.88. The molecule has 2 aromatic carbocycles. The van der Waals surface area contributed by atoms with Crippen molar-refractivity contribution in [3.05, 3.63) is 88.7 Å². The first-order chi connectivity index (χ1) is 18.7. The second-order valence-electron chi connectivity index (χ2n) is 9.58. The predicted octanol–water partition coefficient (Wildman–Crippen LogP) is 3.39. The number of hydrogen-bond acceptors (Lipinski definition) is 11. The Morgan fingerprint density at radius 3 is 2.18 bits per heavy atom. The average molecular weight is 547 g/mol. The molecule has 0 atom stereocenters. The summed E-state index contributed by atoms with van der Waals surface area (Å²) in [4.78, 5) is 22.5. The quantitative estimate of drug-likeness (QED) is 0.0834. The molecule has 202 valence electrons. The Morgan fingerprint density at radius 1 is 1.00 bits per heavy atom. The van der Waals surface area contributed by atoms with E-state index in [-0.39, 0.29) is 34.5 Å². The standard InChI is InChI=1S/C26H30N8O4Si/c1-26(2,3)39(20-10-6-4-7-11-20,21-12-8-5-9-13-21)37-17-16-28-24-30-23(27)31-25(32-24)33-29-18-19-14-15-22(38-19)34(35)36/h4-15,18H,16-17H2,1-3H3,(H4,27,28,30,31,32,33)/b29-18+. The number of nitrogen functional groups attached to an aromatic ring is 1. The molecule has 0 saturated heterocycles. The van der Waals surface area contributed by atoms with Crippen LogP contribution < -0.4 is 26.8 Å². The molecule has 2 aromatic heterocycles. The summed E-state index contributed by atoms with van der Waals surface area (Å²) >= 11 is 0. The highest BCUT2D eigenvalue weighted by molar-refractivity contribution is 6.99. The van der Waals surface area contributed by atoms with Crippen molar-refractivity contribution in [2.45, 2.75) is 25.8 Å². The fraction of sp³-hybridized carbons (Fsp3) is 0.231. The monoisotopic (exact) mass is 546 g/mol. The lowest BCUT2D eigenvalue weighted by molar-refractivity contribution is -0.402. The van der Waals surface area contributed by atoms with Crippen LogP contribution in [-0.4, -0.2) is 47.6 Å². The predicted molar refractivity (Wildman–Crippen MR) is 153 cm³/mol. The Hall–Kier alpha value is -4.62. The number of benzene rings is 2. The lowest BCUT2D eigenvalue weighted by atomic mass is 10.2. The Balaban J connectivity index is 1.45. The van der Waals surface area contributed by atoms with E-state index in [1.165, 1.54) is 28.7 Å². The molecule has 0 saturated carbocycles. The second-order valence-corrected chi connectivity index (χ2v) is 13.9. The molecule has 4 rings (SSSR count). The van der Waals surface area contributed by atoms with Crippen LogP contribution in [0.3, 0.4) is 0 Å². The number of hydrazone groups is 1. The summed E-state index contributed by atoms with van der Waals surface area (Å²) in [5, 5.41) is 20.1. The van der Waals surface area contributed by atoms with Gasteiger partial charge in [-0.1, -0.05) is 81.4 Å². The first-order valence-corrected chi connectivity index (χ1v) is 14.1. The van der Waals surface area contributed by atoms with Crippen LogP contribution in [0.1, 0.15) is 26.5 Å². The zero-order valence-electron chi connectivity index (χ0n) is 21.9. The van der Waals surface area contributed by atoms with Gasteiger partial charge in [-0.05, 0) is 21.5 Å². The number of nitrogens with one attached hydrogen (secondary N) is 2. The van der Waals surface area contributed by atoms with Crippen molar-refractivity contribution in [1.82, 2.24) is 15.0 Å². The van der Waals surface area contributed by atoms with Gasteiger partial charge in [0.15, 0.2) is 5.76 Å². The van der Waals surface area contributed by atoms with Crippen LogP contribution in [0.15, 0.2) is 82.3 Å². The van der Waals surface area contributed by atoms with Crippen molar-refractivity contribution in [2.24, 2.45) is 5.10 Å². The van der Waals surface area contributed by atoms with Gasteiger partial charge in [0.25, 0.3) is 8.32 Å². The van der Waals surface area contributed by atoms with Crippen molar-refractivity contribution in [2.75, 3.05) is 29.6 Å². The number of furan rings is 1. The van der Waals surface area contributed by atoms with Gasteiger partial charge >= 0.3 is 5.88 Å². The van der Waals surface area contributed by atoms with Gasteiger partial charge in [0, 0.05) is 6.54 Å². The summed E-state index contributed by atoms with van der Waals surface area (Å²) in [6.45, 7) is 7.49. The molecule has 0 fully saturated rings. The van der Waals surface area contributed by atoms with Gasteiger partial charge in [-0.3, -0.25) is 10.1 Å². The summed E-state index contributed by atoms with van der Waals surface area (Å²) in [6, 6.07) is 23.4. The number of nitrogens with two attached hydrogens (primary N) is 1. The van der Waals surface area contributed by atoms with Gasteiger partial charge in [0.2, 0.25) is 17.8 Å². The van der Waals surface area contributed by atoms with Crippen molar-refractivity contribution in [3.8, 4) is 0 Å². The molecule has 4 aromatic rings. The smallest absolute Gasteiger partial charge is 0.406 e. The lowest BCUT2D eigenvalue weighted by Crippen LogP contribution is -2.66. The minimum Gasteiger partial charge on any atom is -0.406 e. The van der Waals surface area contributed by atoms with Crippen LogP contribution in [-0.2, 0) is 4.43 Å². The third-order valence-corrected chi connectivity index (χ3v) is 11.0. The Labute approximate surface area is 226 Å². The molecule has 39 heavy (non-hydrogen) atoms. The highest BCUT2D eigenvalue weighted by Gasteiger charge is 2.49. The molecule has 0 radical (unpaired) electrons. The van der Waals surface area contributed by atoms with Crippen LogP contribution >= 0.6 is 0 Å². The van der Waals surface area contributed by atoms with E-state index in [0.717, 1.165) is 0 Å². The van der Waals surface area contributed by atoms with E-state index in [1.54, 1.807) is 0 Å². The largest absolute Gasteiger partial charge is 0.433 e. The summed E-state index contributed by atoms with van der Waals surface area (Å²) in [5.41, 5.74) is 8.47. The van der Waals surface area contributed by atoms with E-state index in [2.05, 4.69) is 75.8 Å². The van der Waals surface area contributed by atoms with E-state index < -0.39 is 13.2 Å². The normalized spacial score (nSPS) is 12.0. The topological polar surface area (TPSA) is 167 Å². The van der Waals surface area contributed by atoms with E-state index in [4.69, 9.17) is 14.6 Å². The molecule has 0 aliphatic carbocycles. The van der Waals surface area contributed by atoms with Crippen molar-refractivity contribution in [3.63, 3.8) is 0 Å². The minimum absolute atomic E-state index is 0.00765. The molecule has 4 N–H and O–H groups in total. The molecule has 0 unspecified atom stereocenters. The first kappa shape index (κ1) is 27.4. The molecule has 2 heterocycles. The van der Waals surface area contributed by atoms with Gasteiger partial charge in [-0.2, -0.15) is 20.1 Å². The number of nitro groups is 1. The van der Waals surface area contributed by atoms with Gasteiger partial charge in [-0.25, -0.2) is 5.43 Å². The van der Waals surface area contributed by atoms with Crippen LogP contribution in [0.25, 0.3) is 0 Å². The Kier molecular flexibility index (Phi) is 8.32. The molecule has 0 aliphatic heterocycles. The molecule has 0 bridgehead atoms. The number of rotatable bonds is 11. The minimum atomic E-state index is -2.66. The SMILES string of the molecule is CC(C)(C)[Si](OCCNc1nc(N)nc(N/N=C/c2ccc([N+](=O)[O-])o2)n1)(c1ccccc1)c1ccccc1. The molecule has 0 amide bonds. The molecular formula is C26H30N8O4Si. The van der Waals surface area contributed by atoms with Crippen LogP contribution in [0.2, 0.25) is 5.04 Å². The molecule has 0 aliphatic rings. The molecule has 13 heteroatoms. The maximum Gasteiger partial charge on any atom is 0.433 e. The van der Waals surface area contributed by atoms with Gasteiger partial charge in [-0.15, -0.1) is 0 Å². The van der Waals surface area contributed by atoms with E-state index >= 15 is 0 Å². The zero-order valence-corrected chi connectivity index (χ0v) is 22.9. The third kappa shape index (κ3) is 6.45. The van der Waals surface area contributed by atoms with Crippen molar-refractivity contribution >= 4 is 48.6 Å². The Bertz CT molecular complexity index is 1390. The van der Waals surface area contributed by atoms with Crippen LogP contribution in [0.5, 0.6) is 0 Å². The van der Waals surface area contributed by atoms with Gasteiger partial charge in [0.05, 0.1) is 18.9 Å². The van der Waals surface area contributed by atoms with Crippen LogP contribution in [0, 0.1) is 10.1 Å². The maximum absolute atomic E-state index is 10.7. The van der Waals surface area contributed by atoms with Gasteiger partial charge in [0.1, 0.15) is 4.92 Å². The summed E-state index contributed by atoms with van der Waals surface area (Å²) < 4.78 is 11.9. The highest BCUT2D eigenvalue weighted by Crippen LogP contribution is 2.36. The summed E-state index contributed by atoms with van der Waals surface area (Å²) in [7, 11) is -2.66. The summed E-state index contributed by atoms with van der Waals surface area (Å²) in [6.07, 6.45) is 1.26. The van der Waals surface area contributed by atoms with Crippen molar-refractivity contribution < 1.29 is 13.8 Å². The molecule has 12 nitrogen and oxygen atoms in total. The van der Waals surface area contributed by atoms with E-state index in [9.17, 15) is 10.1 Å². The molecular weight excluding hydrogens is 516 g/mol. The second kappa shape index (κ2) is 11.8. The molecule has 0 spiro atoms. The highest BCUT2D eigenvalue weighted by atomic mass is 28.4. The fourth-order valence-electron chi connectivity index (χ4n) is 4.31. The van der Waals surface area contributed by atoms with E-state index in [1.807, 2.05) is 36.4 Å².